The van der Waals surface area contributed by atoms with Crippen LogP contribution in [0, 0.1) is 0 Å². The second-order valence-electron chi connectivity index (χ2n) is 6.39. The second kappa shape index (κ2) is 6.99. The summed E-state index contributed by atoms with van der Waals surface area (Å²) in [4.78, 5) is 26.2. The summed E-state index contributed by atoms with van der Waals surface area (Å²) in [6.45, 7) is 2.18. The maximum atomic E-state index is 12.5. The van der Waals surface area contributed by atoms with Crippen molar-refractivity contribution in [1.82, 2.24) is 5.32 Å². The van der Waals surface area contributed by atoms with Crippen LogP contribution >= 0.6 is 0 Å². The maximum absolute atomic E-state index is 12.5. The van der Waals surface area contributed by atoms with Gasteiger partial charge in [-0.3, -0.25) is 14.5 Å². The van der Waals surface area contributed by atoms with Crippen LogP contribution in [0.2, 0.25) is 0 Å². The van der Waals surface area contributed by atoms with Gasteiger partial charge in [0.05, 0.1) is 0 Å². The molecule has 0 saturated carbocycles. The van der Waals surface area contributed by atoms with E-state index in [1.54, 1.807) is 4.90 Å². The number of anilines is 1. The summed E-state index contributed by atoms with van der Waals surface area (Å²) in [6, 6.07) is 7.35. The first-order valence-corrected chi connectivity index (χ1v) is 8.50. The highest BCUT2D eigenvalue weighted by molar-refractivity contribution is 6.02. The number of hydrogen-bond donors (Lipinski definition) is 1. The molecule has 0 aromatic heterocycles. The number of rotatable bonds is 4. The molecule has 0 saturated heterocycles. The van der Waals surface area contributed by atoms with Gasteiger partial charge in [-0.1, -0.05) is 29.8 Å². The molecule has 1 aromatic carbocycles. The van der Waals surface area contributed by atoms with E-state index >= 15 is 0 Å². The number of nitrogens with zero attached hydrogens (tertiary/aromatic N) is 1. The van der Waals surface area contributed by atoms with Gasteiger partial charge in [0.25, 0.3) is 0 Å². The number of carbonyl (C=O) groups is 2. The third-order valence-electron chi connectivity index (χ3n) is 4.75. The van der Waals surface area contributed by atoms with Crippen LogP contribution < -0.4 is 10.2 Å². The Bertz CT molecular complexity index is 636. The zero-order valence-corrected chi connectivity index (χ0v) is 13.7. The first-order valence-electron chi connectivity index (χ1n) is 8.50. The summed E-state index contributed by atoms with van der Waals surface area (Å²) in [5.74, 6) is -0.127. The molecule has 1 aliphatic heterocycles. The third-order valence-corrected chi connectivity index (χ3v) is 4.75. The van der Waals surface area contributed by atoms with E-state index < -0.39 is 6.04 Å². The molecule has 1 aliphatic carbocycles. The molecule has 4 nitrogen and oxygen atoms in total. The van der Waals surface area contributed by atoms with Crippen molar-refractivity contribution in [3.05, 3.63) is 41.5 Å². The number of hydrogen-bond acceptors (Lipinski definition) is 2. The summed E-state index contributed by atoms with van der Waals surface area (Å²) in [7, 11) is 0. The summed E-state index contributed by atoms with van der Waals surface area (Å²) in [5.41, 5.74) is 3.39. The molecule has 2 aliphatic rings. The smallest absolute Gasteiger partial charge is 0.243 e. The molecule has 0 spiro atoms. The molecular formula is C19H24N2O2. The lowest BCUT2D eigenvalue weighted by Gasteiger charge is -2.23. The van der Waals surface area contributed by atoms with Crippen molar-refractivity contribution in [2.75, 3.05) is 11.4 Å². The topological polar surface area (TPSA) is 49.4 Å². The number of allylic oxidation sites excluding steroid dienone is 1. The van der Waals surface area contributed by atoms with Crippen molar-refractivity contribution in [2.24, 2.45) is 0 Å². The highest BCUT2D eigenvalue weighted by Gasteiger charge is 2.36. The van der Waals surface area contributed by atoms with Crippen LogP contribution in [0.15, 0.2) is 35.9 Å². The zero-order valence-electron chi connectivity index (χ0n) is 13.7. The van der Waals surface area contributed by atoms with E-state index in [-0.39, 0.29) is 11.8 Å². The molecule has 0 unspecified atom stereocenters. The Balaban J connectivity index is 1.61. The van der Waals surface area contributed by atoms with Crippen molar-refractivity contribution in [2.45, 2.75) is 51.5 Å². The molecule has 1 heterocycles. The van der Waals surface area contributed by atoms with Gasteiger partial charge in [-0.25, -0.2) is 0 Å². The monoisotopic (exact) mass is 312 g/mol. The average Bonchev–Trinajstić information content (AvgIpc) is 2.95. The van der Waals surface area contributed by atoms with E-state index in [2.05, 4.69) is 11.4 Å². The van der Waals surface area contributed by atoms with E-state index in [0.717, 1.165) is 24.1 Å². The maximum Gasteiger partial charge on any atom is 0.243 e. The molecule has 1 aromatic rings. The SMILES string of the molecule is CC(=O)N1c2ccccc2C[C@@H]1C(=O)NCCC1=CCCCC1. The zero-order chi connectivity index (χ0) is 16.2. The minimum Gasteiger partial charge on any atom is -0.354 e. The lowest BCUT2D eigenvalue weighted by molar-refractivity contribution is -0.125. The van der Waals surface area contributed by atoms with Crippen molar-refractivity contribution in [3.8, 4) is 0 Å². The molecular weight excluding hydrogens is 288 g/mol. The number of amides is 2. The van der Waals surface area contributed by atoms with Crippen LogP contribution in [0.4, 0.5) is 5.69 Å². The Morgan fingerprint density at radius 2 is 2.09 bits per heavy atom. The Kier molecular flexibility index (Phi) is 4.79. The van der Waals surface area contributed by atoms with Gasteiger partial charge >= 0.3 is 0 Å². The Hall–Kier alpha value is -2.10. The predicted octanol–water partition coefficient (Wildman–Crippen LogP) is 2.97. The molecule has 4 heteroatoms. The molecule has 0 fully saturated rings. The molecule has 23 heavy (non-hydrogen) atoms. The molecule has 0 radical (unpaired) electrons. The molecule has 3 rings (SSSR count). The van der Waals surface area contributed by atoms with Crippen molar-refractivity contribution < 1.29 is 9.59 Å². The number of para-hydroxylation sites is 1. The number of fused-ring (bicyclic) bond motifs is 1. The van der Waals surface area contributed by atoms with Crippen LogP contribution in [0.25, 0.3) is 0 Å². The van der Waals surface area contributed by atoms with Crippen LogP contribution in [-0.4, -0.2) is 24.4 Å². The van der Waals surface area contributed by atoms with Crippen LogP contribution in [0.3, 0.4) is 0 Å². The average molecular weight is 312 g/mol. The molecule has 1 N–H and O–H groups in total. The molecule has 122 valence electrons. The summed E-state index contributed by atoms with van der Waals surface area (Å²) >= 11 is 0. The van der Waals surface area contributed by atoms with Crippen LogP contribution in [0.5, 0.6) is 0 Å². The Labute approximate surface area is 137 Å². The van der Waals surface area contributed by atoms with Crippen molar-refractivity contribution in [1.29, 1.82) is 0 Å². The summed E-state index contributed by atoms with van der Waals surface area (Å²) < 4.78 is 0. The minimum atomic E-state index is -0.412. The molecule has 2 amide bonds. The molecule has 1 atom stereocenters. The van der Waals surface area contributed by atoms with Gasteiger partial charge in [-0.05, 0) is 43.7 Å². The van der Waals surface area contributed by atoms with Gasteiger partial charge < -0.3 is 5.32 Å². The van der Waals surface area contributed by atoms with Gasteiger partial charge in [0.15, 0.2) is 0 Å². The lowest BCUT2D eigenvalue weighted by Crippen LogP contribution is -2.47. The van der Waals surface area contributed by atoms with Crippen LogP contribution in [-0.2, 0) is 16.0 Å². The number of carbonyl (C=O) groups excluding carboxylic acids is 2. The Morgan fingerprint density at radius 3 is 2.83 bits per heavy atom. The van der Waals surface area contributed by atoms with Gasteiger partial charge in [0.1, 0.15) is 6.04 Å². The van der Waals surface area contributed by atoms with E-state index in [0.29, 0.717) is 13.0 Å². The highest BCUT2D eigenvalue weighted by Crippen LogP contribution is 2.32. The van der Waals surface area contributed by atoms with E-state index in [9.17, 15) is 9.59 Å². The van der Waals surface area contributed by atoms with Gasteiger partial charge in [0.2, 0.25) is 11.8 Å². The fourth-order valence-corrected chi connectivity index (χ4v) is 3.58. The normalized spacial score (nSPS) is 20.0. The van der Waals surface area contributed by atoms with Crippen molar-refractivity contribution in [3.63, 3.8) is 0 Å². The van der Waals surface area contributed by atoms with Crippen molar-refractivity contribution >= 4 is 17.5 Å². The van der Waals surface area contributed by atoms with E-state index in [4.69, 9.17) is 0 Å². The highest BCUT2D eigenvalue weighted by atomic mass is 16.2. The van der Waals surface area contributed by atoms with Crippen LogP contribution in [0.1, 0.15) is 44.6 Å². The number of benzene rings is 1. The number of nitrogens with one attached hydrogen (secondary N) is 1. The fraction of sp³-hybridized carbons (Fsp3) is 0.474. The summed E-state index contributed by atoms with van der Waals surface area (Å²) in [6.07, 6.45) is 8.70. The quantitative estimate of drug-likeness (QED) is 0.869. The van der Waals surface area contributed by atoms with Gasteiger partial charge in [0, 0.05) is 25.6 Å². The third kappa shape index (κ3) is 3.46. The van der Waals surface area contributed by atoms with E-state index in [1.165, 1.54) is 31.8 Å². The fourth-order valence-electron chi connectivity index (χ4n) is 3.58. The standard InChI is InChI=1S/C19H24N2O2/c1-14(22)21-17-10-6-5-9-16(17)13-18(21)19(23)20-12-11-15-7-3-2-4-8-15/h5-7,9-10,18H,2-4,8,11-13H2,1H3,(H,20,23)/t18-/m1/s1. The largest absolute Gasteiger partial charge is 0.354 e. The van der Waals surface area contributed by atoms with E-state index in [1.807, 2.05) is 24.3 Å². The Morgan fingerprint density at radius 1 is 1.26 bits per heavy atom. The van der Waals surface area contributed by atoms with Gasteiger partial charge in [-0.2, -0.15) is 0 Å². The second-order valence-corrected chi connectivity index (χ2v) is 6.39. The first kappa shape index (κ1) is 15.8. The summed E-state index contributed by atoms with van der Waals surface area (Å²) in [5, 5.41) is 3.02. The predicted molar refractivity (Wildman–Crippen MR) is 91.3 cm³/mol. The first-order chi connectivity index (χ1) is 11.2. The minimum absolute atomic E-state index is 0.0483. The molecule has 0 bridgehead atoms. The van der Waals surface area contributed by atoms with Gasteiger partial charge in [-0.15, -0.1) is 0 Å². The lowest BCUT2D eigenvalue weighted by atomic mass is 9.97.